The molecule has 1 aromatic heterocycles. The van der Waals surface area contributed by atoms with Gasteiger partial charge >= 0.3 is 0 Å². The Hall–Kier alpha value is -0.800. The summed E-state index contributed by atoms with van der Waals surface area (Å²) < 4.78 is 6.31. The predicted molar refractivity (Wildman–Crippen MR) is 69.9 cm³/mol. The monoisotopic (exact) mass is 255 g/mol. The summed E-state index contributed by atoms with van der Waals surface area (Å²) in [6, 6.07) is 3.81. The van der Waals surface area contributed by atoms with Crippen molar-refractivity contribution >= 4 is 33.2 Å². The predicted octanol–water partition coefficient (Wildman–Crippen LogP) is 4.26. The second-order valence-electron chi connectivity index (χ2n) is 4.72. The molecule has 2 rings (SSSR count). The molecule has 4 heteroatoms. The maximum absolute atomic E-state index is 6.07. The SMILES string of the molecule is COc1cc2sc(C(C)(C)C)nc2cc1Cl. The van der Waals surface area contributed by atoms with Gasteiger partial charge < -0.3 is 4.74 Å². The van der Waals surface area contributed by atoms with Crippen LogP contribution in [0.2, 0.25) is 5.02 Å². The molecule has 0 amide bonds. The molecule has 0 unspecified atom stereocenters. The molecule has 16 heavy (non-hydrogen) atoms. The highest BCUT2D eigenvalue weighted by Gasteiger charge is 2.19. The quantitative estimate of drug-likeness (QED) is 0.760. The summed E-state index contributed by atoms with van der Waals surface area (Å²) in [6.07, 6.45) is 0. The molecule has 0 saturated heterocycles. The standard InChI is InChI=1S/C12H14ClNOS/c1-12(2,3)11-14-8-5-7(13)9(15-4)6-10(8)16-11/h5-6H,1-4H3. The number of fused-ring (bicyclic) bond motifs is 1. The Morgan fingerprint density at radius 1 is 1.31 bits per heavy atom. The molecule has 0 N–H and O–H groups in total. The van der Waals surface area contributed by atoms with Crippen LogP contribution in [-0.4, -0.2) is 12.1 Å². The van der Waals surface area contributed by atoms with Gasteiger partial charge in [0.15, 0.2) is 0 Å². The van der Waals surface area contributed by atoms with Crippen LogP contribution < -0.4 is 4.74 Å². The molecule has 2 aromatic rings. The smallest absolute Gasteiger partial charge is 0.139 e. The largest absolute Gasteiger partial charge is 0.495 e. The van der Waals surface area contributed by atoms with Crippen molar-refractivity contribution in [2.75, 3.05) is 7.11 Å². The molecule has 86 valence electrons. The summed E-state index contributed by atoms with van der Waals surface area (Å²) in [6.45, 7) is 6.47. The van der Waals surface area contributed by atoms with Gasteiger partial charge in [0, 0.05) is 11.5 Å². The van der Waals surface area contributed by atoms with Crippen molar-refractivity contribution in [2.24, 2.45) is 0 Å². The summed E-state index contributed by atoms with van der Waals surface area (Å²) in [4.78, 5) is 4.60. The zero-order chi connectivity index (χ0) is 11.9. The topological polar surface area (TPSA) is 22.1 Å². The Bertz CT molecular complexity index is 528. The fraction of sp³-hybridized carbons (Fsp3) is 0.417. The second-order valence-corrected chi connectivity index (χ2v) is 6.16. The molecule has 0 bridgehead atoms. The minimum absolute atomic E-state index is 0.0728. The van der Waals surface area contributed by atoms with Gasteiger partial charge in [-0.25, -0.2) is 4.98 Å². The van der Waals surface area contributed by atoms with Crippen molar-refractivity contribution in [3.8, 4) is 5.75 Å². The Balaban J connectivity index is 2.63. The highest BCUT2D eigenvalue weighted by Crippen LogP contribution is 2.36. The van der Waals surface area contributed by atoms with E-state index >= 15 is 0 Å². The van der Waals surface area contributed by atoms with E-state index in [1.165, 1.54) is 0 Å². The van der Waals surface area contributed by atoms with Crippen LogP contribution in [0.5, 0.6) is 5.75 Å². The lowest BCUT2D eigenvalue weighted by atomic mass is 9.98. The Kier molecular flexibility index (Phi) is 2.84. The van der Waals surface area contributed by atoms with E-state index in [2.05, 4.69) is 25.8 Å². The maximum atomic E-state index is 6.07. The Morgan fingerprint density at radius 3 is 2.56 bits per heavy atom. The number of benzene rings is 1. The number of hydrogen-bond acceptors (Lipinski definition) is 3. The summed E-state index contributed by atoms with van der Waals surface area (Å²) in [5.41, 5.74) is 1.02. The van der Waals surface area contributed by atoms with E-state index in [0.717, 1.165) is 15.2 Å². The first-order chi connectivity index (χ1) is 7.41. The number of aromatic nitrogens is 1. The number of thiazole rings is 1. The first kappa shape index (κ1) is 11.7. The number of ether oxygens (including phenoxy) is 1. The van der Waals surface area contributed by atoms with Crippen LogP contribution in [0.3, 0.4) is 0 Å². The molecule has 0 spiro atoms. The summed E-state index contributed by atoms with van der Waals surface area (Å²) in [5, 5.41) is 1.73. The van der Waals surface area contributed by atoms with E-state index in [-0.39, 0.29) is 5.41 Å². The van der Waals surface area contributed by atoms with Crippen molar-refractivity contribution in [3.63, 3.8) is 0 Å². The average Bonchev–Trinajstić information content (AvgIpc) is 2.58. The lowest BCUT2D eigenvalue weighted by Gasteiger charge is -2.13. The van der Waals surface area contributed by atoms with Crippen LogP contribution in [0, 0.1) is 0 Å². The van der Waals surface area contributed by atoms with Crippen molar-refractivity contribution in [2.45, 2.75) is 26.2 Å². The van der Waals surface area contributed by atoms with Gasteiger partial charge in [-0.2, -0.15) is 0 Å². The summed E-state index contributed by atoms with van der Waals surface area (Å²) in [7, 11) is 1.62. The van der Waals surface area contributed by atoms with Crippen molar-refractivity contribution in [1.82, 2.24) is 4.98 Å². The van der Waals surface area contributed by atoms with Crippen molar-refractivity contribution in [3.05, 3.63) is 22.2 Å². The third-order valence-electron chi connectivity index (χ3n) is 2.30. The van der Waals surface area contributed by atoms with E-state index < -0.39 is 0 Å². The van der Waals surface area contributed by atoms with E-state index in [4.69, 9.17) is 16.3 Å². The minimum atomic E-state index is 0.0728. The van der Waals surface area contributed by atoms with Crippen LogP contribution in [0.4, 0.5) is 0 Å². The Morgan fingerprint density at radius 2 is 2.00 bits per heavy atom. The molecule has 0 aliphatic rings. The van der Waals surface area contributed by atoms with Gasteiger partial charge in [-0.05, 0) is 6.07 Å². The molecule has 0 radical (unpaired) electrons. The van der Waals surface area contributed by atoms with E-state index in [1.54, 1.807) is 18.4 Å². The molecule has 0 atom stereocenters. The van der Waals surface area contributed by atoms with E-state index in [9.17, 15) is 0 Å². The van der Waals surface area contributed by atoms with Crippen LogP contribution >= 0.6 is 22.9 Å². The fourth-order valence-electron chi connectivity index (χ4n) is 1.41. The number of halogens is 1. The third kappa shape index (κ3) is 2.02. The molecule has 0 fully saturated rings. The zero-order valence-corrected chi connectivity index (χ0v) is 11.4. The maximum Gasteiger partial charge on any atom is 0.139 e. The fourth-order valence-corrected chi connectivity index (χ4v) is 2.68. The van der Waals surface area contributed by atoms with Gasteiger partial charge in [0.25, 0.3) is 0 Å². The lowest BCUT2D eigenvalue weighted by Crippen LogP contribution is -2.09. The summed E-state index contributed by atoms with van der Waals surface area (Å²) in [5.74, 6) is 0.707. The van der Waals surface area contributed by atoms with Gasteiger partial charge in [-0.15, -0.1) is 11.3 Å². The molecular formula is C12H14ClNOS. The Labute approximate surface area is 104 Å². The lowest BCUT2D eigenvalue weighted by molar-refractivity contribution is 0.415. The van der Waals surface area contributed by atoms with Gasteiger partial charge in [-0.1, -0.05) is 32.4 Å². The third-order valence-corrected chi connectivity index (χ3v) is 4.04. The molecule has 1 heterocycles. The molecule has 0 aliphatic heterocycles. The molecule has 0 aliphatic carbocycles. The molecule has 0 saturated carbocycles. The van der Waals surface area contributed by atoms with Gasteiger partial charge in [-0.3, -0.25) is 0 Å². The van der Waals surface area contributed by atoms with Crippen LogP contribution in [-0.2, 0) is 5.41 Å². The van der Waals surface area contributed by atoms with Crippen LogP contribution in [0.1, 0.15) is 25.8 Å². The average molecular weight is 256 g/mol. The highest BCUT2D eigenvalue weighted by molar-refractivity contribution is 7.18. The molecule has 1 aromatic carbocycles. The molecular weight excluding hydrogens is 242 g/mol. The zero-order valence-electron chi connectivity index (χ0n) is 9.80. The van der Waals surface area contributed by atoms with Gasteiger partial charge in [0.1, 0.15) is 5.75 Å². The first-order valence-corrected chi connectivity index (χ1v) is 6.26. The molecule has 2 nitrogen and oxygen atoms in total. The number of nitrogens with zero attached hydrogens (tertiary/aromatic N) is 1. The van der Waals surface area contributed by atoms with Crippen LogP contribution in [0.25, 0.3) is 10.2 Å². The van der Waals surface area contributed by atoms with Crippen LogP contribution in [0.15, 0.2) is 12.1 Å². The second kappa shape index (κ2) is 3.90. The van der Waals surface area contributed by atoms with Crippen molar-refractivity contribution in [1.29, 1.82) is 0 Å². The van der Waals surface area contributed by atoms with Gasteiger partial charge in [0.2, 0.25) is 0 Å². The minimum Gasteiger partial charge on any atom is -0.495 e. The highest BCUT2D eigenvalue weighted by atomic mass is 35.5. The first-order valence-electron chi connectivity index (χ1n) is 5.06. The van der Waals surface area contributed by atoms with Crippen molar-refractivity contribution < 1.29 is 4.74 Å². The van der Waals surface area contributed by atoms with E-state index in [1.807, 2.05) is 12.1 Å². The number of hydrogen-bond donors (Lipinski definition) is 0. The number of rotatable bonds is 1. The van der Waals surface area contributed by atoms with Gasteiger partial charge in [0.05, 0.1) is 27.4 Å². The normalized spacial score (nSPS) is 12.1. The number of methoxy groups -OCH3 is 1. The van der Waals surface area contributed by atoms with E-state index in [0.29, 0.717) is 10.8 Å². The summed E-state index contributed by atoms with van der Waals surface area (Å²) >= 11 is 7.76.